The largest absolute Gasteiger partial charge is 0.480 e. The van der Waals surface area contributed by atoms with Crippen LogP contribution in [0.25, 0.3) is 0 Å². The number of carboxylic acid groups (broad SMARTS) is 1. The first kappa shape index (κ1) is 18.6. The van der Waals surface area contributed by atoms with Gasteiger partial charge in [-0.1, -0.05) is 41.9 Å². The molecule has 8 heteroatoms. The number of aliphatic carboxylic acids is 1. The van der Waals surface area contributed by atoms with Gasteiger partial charge in [-0.3, -0.25) is 4.79 Å². The number of halogens is 1. The second-order valence-electron chi connectivity index (χ2n) is 5.29. The van der Waals surface area contributed by atoms with Crippen LogP contribution in [-0.4, -0.2) is 37.2 Å². The summed E-state index contributed by atoms with van der Waals surface area (Å²) >= 11 is 3.25. The highest BCUT2D eigenvalue weighted by molar-refractivity contribution is 9.10. The minimum absolute atomic E-state index is 0.271. The Morgan fingerprint density at radius 3 is 2.23 bits per heavy atom. The van der Waals surface area contributed by atoms with Crippen LogP contribution in [0.2, 0.25) is 0 Å². The van der Waals surface area contributed by atoms with Crippen molar-refractivity contribution in [1.29, 1.82) is 0 Å². The Morgan fingerprint density at radius 2 is 1.77 bits per heavy atom. The first-order chi connectivity index (χ1) is 10.1. The van der Waals surface area contributed by atoms with Crippen LogP contribution in [0.1, 0.15) is 19.4 Å². The van der Waals surface area contributed by atoms with E-state index in [0.29, 0.717) is 5.56 Å². The van der Waals surface area contributed by atoms with Crippen molar-refractivity contribution in [3.8, 4) is 0 Å². The van der Waals surface area contributed by atoms with Crippen molar-refractivity contribution in [3.05, 3.63) is 34.3 Å². The van der Waals surface area contributed by atoms with Crippen molar-refractivity contribution in [1.82, 2.24) is 5.32 Å². The molecule has 0 unspecified atom stereocenters. The summed E-state index contributed by atoms with van der Waals surface area (Å²) in [4.78, 5) is 22.8. The number of carboxylic acids is 1. The van der Waals surface area contributed by atoms with E-state index in [1.807, 2.05) is 0 Å². The van der Waals surface area contributed by atoms with E-state index >= 15 is 0 Å². The molecular weight excluding hydrogens is 374 g/mol. The van der Waals surface area contributed by atoms with Crippen molar-refractivity contribution >= 4 is 37.6 Å². The number of carbonyl (C=O) groups is 2. The lowest BCUT2D eigenvalue weighted by atomic mass is 10.1. The number of rotatable bonds is 7. The van der Waals surface area contributed by atoms with Crippen molar-refractivity contribution in [2.45, 2.75) is 25.6 Å². The molecule has 0 aromatic heterocycles. The Balaban J connectivity index is 2.69. The number of hydrogen-bond acceptors (Lipinski definition) is 4. The van der Waals surface area contributed by atoms with E-state index in [9.17, 15) is 18.0 Å². The highest BCUT2D eigenvalue weighted by Crippen LogP contribution is 2.13. The van der Waals surface area contributed by atoms with Crippen molar-refractivity contribution in [3.63, 3.8) is 0 Å². The third kappa shape index (κ3) is 6.15. The normalized spacial score (nSPS) is 12.9. The number of amides is 1. The van der Waals surface area contributed by atoms with Crippen LogP contribution in [0.15, 0.2) is 28.7 Å². The molecule has 2 N–H and O–H groups in total. The van der Waals surface area contributed by atoms with Crippen molar-refractivity contribution in [2.75, 3.05) is 5.75 Å². The molecule has 22 heavy (non-hydrogen) atoms. The molecule has 1 aromatic carbocycles. The lowest BCUT2D eigenvalue weighted by Crippen LogP contribution is -2.46. The van der Waals surface area contributed by atoms with E-state index in [0.717, 1.165) is 4.47 Å². The molecule has 6 nitrogen and oxygen atoms in total. The average molecular weight is 392 g/mol. The number of carbonyl (C=O) groups excluding carboxylic acids is 1. The third-order valence-corrected chi connectivity index (χ3v) is 4.90. The summed E-state index contributed by atoms with van der Waals surface area (Å²) in [6.45, 7) is 3.27. The van der Waals surface area contributed by atoms with Gasteiger partial charge in [0, 0.05) is 4.47 Å². The van der Waals surface area contributed by atoms with Crippen LogP contribution < -0.4 is 5.32 Å². The number of benzene rings is 1. The second kappa shape index (κ2) is 7.73. The van der Waals surface area contributed by atoms with E-state index in [1.54, 1.807) is 38.1 Å². The Morgan fingerprint density at radius 1 is 1.23 bits per heavy atom. The summed E-state index contributed by atoms with van der Waals surface area (Å²) in [5, 5.41) is 11.2. The lowest BCUT2D eigenvalue weighted by Gasteiger charge is -2.17. The molecule has 0 saturated carbocycles. The SMILES string of the molecule is CC(C)[C@@H](NC(=O)CS(=O)(=O)Cc1ccc(Br)cc1)C(=O)O. The van der Waals surface area contributed by atoms with Gasteiger partial charge in [0.15, 0.2) is 9.84 Å². The van der Waals surface area contributed by atoms with E-state index < -0.39 is 33.5 Å². The van der Waals surface area contributed by atoms with Gasteiger partial charge < -0.3 is 10.4 Å². The molecule has 0 aliphatic carbocycles. The molecule has 122 valence electrons. The molecule has 0 spiro atoms. The van der Waals surface area contributed by atoms with Crippen LogP contribution in [0.4, 0.5) is 0 Å². The van der Waals surface area contributed by atoms with Crippen LogP contribution in [0, 0.1) is 5.92 Å². The summed E-state index contributed by atoms with van der Waals surface area (Å²) in [6.07, 6.45) is 0. The van der Waals surface area contributed by atoms with E-state index in [2.05, 4.69) is 21.2 Å². The lowest BCUT2D eigenvalue weighted by molar-refractivity contribution is -0.142. The monoisotopic (exact) mass is 391 g/mol. The van der Waals surface area contributed by atoms with Crippen molar-refractivity contribution in [2.24, 2.45) is 5.92 Å². The van der Waals surface area contributed by atoms with Gasteiger partial charge in [-0.25, -0.2) is 13.2 Å². The number of hydrogen-bond donors (Lipinski definition) is 2. The molecule has 1 amide bonds. The minimum Gasteiger partial charge on any atom is -0.480 e. The molecule has 0 bridgehead atoms. The van der Waals surface area contributed by atoms with Crippen LogP contribution in [0.5, 0.6) is 0 Å². The molecular formula is C14H18BrNO5S. The predicted molar refractivity (Wildman–Crippen MR) is 86.0 cm³/mol. The Labute approximate surface area is 138 Å². The second-order valence-corrected chi connectivity index (χ2v) is 8.27. The molecule has 0 fully saturated rings. The fraction of sp³-hybridized carbons (Fsp3) is 0.429. The maximum absolute atomic E-state index is 12.0. The summed E-state index contributed by atoms with van der Waals surface area (Å²) < 4.78 is 24.8. The zero-order valence-electron chi connectivity index (χ0n) is 12.2. The maximum Gasteiger partial charge on any atom is 0.326 e. The van der Waals surface area contributed by atoms with E-state index in [-0.39, 0.29) is 11.7 Å². The zero-order valence-corrected chi connectivity index (χ0v) is 14.6. The predicted octanol–water partition coefficient (Wildman–Crippen LogP) is 1.59. The Hall–Kier alpha value is -1.41. The number of nitrogens with one attached hydrogen (secondary N) is 1. The first-order valence-electron chi connectivity index (χ1n) is 6.58. The molecule has 0 radical (unpaired) electrons. The van der Waals surface area contributed by atoms with Gasteiger partial charge >= 0.3 is 5.97 Å². The summed E-state index contributed by atoms with van der Waals surface area (Å²) in [6, 6.07) is 5.62. The quantitative estimate of drug-likeness (QED) is 0.734. The standard InChI is InChI=1S/C14H18BrNO5S/c1-9(2)13(14(18)19)16-12(17)8-22(20,21)7-10-3-5-11(15)6-4-10/h3-6,9,13H,7-8H2,1-2H3,(H,16,17)(H,18,19)/t13-/m1/s1. The van der Waals surface area contributed by atoms with Gasteiger partial charge in [0.05, 0.1) is 5.75 Å². The van der Waals surface area contributed by atoms with Gasteiger partial charge in [-0.2, -0.15) is 0 Å². The van der Waals surface area contributed by atoms with E-state index in [1.165, 1.54) is 0 Å². The first-order valence-corrected chi connectivity index (χ1v) is 9.19. The third-order valence-electron chi connectivity index (χ3n) is 2.90. The smallest absolute Gasteiger partial charge is 0.326 e. The van der Waals surface area contributed by atoms with Gasteiger partial charge in [-0.05, 0) is 23.6 Å². The topological polar surface area (TPSA) is 101 Å². The summed E-state index contributed by atoms with van der Waals surface area (Å²) in [5.41, 5.74) is 0.564. The Kier molecular flexibility index (Phi) is 6.55. The van der Waals surface area contributed by atoms with E-state index in [4.69, 9.17) is 5.11 Å². The van der Waals surface area contributed by atoms with Crippen LogP contribution in [-0.2, 0) is 25.2 Å². The van der Waals surface area contributed by atoms with Crippen molar-refractivity contribution < 1.29 is 23.1 Å². The molecule has 0 aliphatic rings. The van der Waals surface area contributed by atoms with Crippen LogP contribution >= 0.6 is 15.9 Å². The molecule has 1 aromatic rings. The molecule has 0 saturated heterocycles. The zero-order chi connectivity index (χ0) is 16.9. The maximum atomic E-state index is 12.0. The van der Waals surface area contributed by atoms with Gasteiger partial charge in [0.25, 0.3) is 0 Å². The van der Waals surface area contributed by atoms with Crippen LogP contribution in [0.3, 0.4) is 0 Å². The van der Waals surface area contributed by atoms with Gasteiger partial charge in [0.1, 0.15) is 11.8 Å². The van der Waals surface area contributed by atoms with Gasteiger partial charge in [0.2, 0.25) is 5.91 Å². The average Bonchev–Trinajstić information content (AvgIpc) is 2.37. The number of sulfone groups is 1. The fourth-order valence-corrected chi connectivity index (χ4v) is 3.36. The fourth-order valence-electron chi connectivity index (χ4n) is 1.81. The minimum atomic E-state index is -3.66. The highest BCUT2D eigenvalue weighted by atomic mass is 79.9. The summed E-state index contributed by atoms with van der Waals surface area (Å²) in [7, 11) is -3.66. The summed E-state index contributed by atoms with van der Waals surface area (Å²) in [5.74, 6) is -3.34. The molecule has 1 rings (SSSR count). The molecule has 1 atom stereocenters. The molecule has 0 aliphatic heterocycles. The Bertz CT molecular complexity index is 640. The molecule has 0 heterocycles. The van der Waals surface area contributed by atoms with Gasteiger partial charge in [-0.15, -0.1) is 0 Å². The highest BCUT2D eigenvalue weighted by Gasteiger charge is 2.26.